The maximum atomic E-state index is 12.3. The van der Waals surface area contributed by atoms with Gasteiger partial charge in [-0.15, -0.1) is 0 Å². The van der Waals surface area contributed by atoms with Crippen molar-refractivity contribution in [1.29, 1.82) is 0 Å². The summed E-state index contributed by atoms with van der Waals surface area (Å²) in [4.78, 5) is 17.2. The third kappa shape index (κ3) is 5.01. The second-order valence-corrected chi connectivity index (χ2v) is 7.53. The molecule has 1 amide bonds. The van der Waals surface area contributed by atoms with Gasteiger partial charge in [0.2, 0.25) is 0 Å². The summed E-state index contributed by atoms with van der Waals surface area (Å²) in [5.41, 5.74) is 1.44. The number of carbonyl (C=O) groups excluding carboxylic acids is 1. The van der Waals surface area contributed by atoms with E-state index >= 15 is 0 Å². The largest absolute Gasteiger partial charge is 0.490 e. The van der Waals surface area contributed by atoms with Crippen LogP contribution in [-0.4, -0.2) is 24.3 Å². The lowest BCUT2D eigenvalue weighted by Crippen LogP contribution is -2.19. The van der Waals surface area contributed by atoms with Gasteiger partial charge < -0.3 is 14.8 Å². The lowest BCUT2D eigenvalue weighted by molar-refractivity contribution is -0.115. The van der Waals surface area contributed by atoms with Crippen molar-refractivity contribution in [2.75, 3.05) is 13.2 Å². The van der Waals surface area contributed by atoms with E-state index in [1.165, 1.54) is 11.8 Å². The monoisotopic (exact) mass is 436 g/mol. The Kier molecular flexibility index (Phi) is 6.88. The maximum absolute atomic E-state index is 12.3. The number of halogens is 2. The summed E-state index contributed by atoms with van der Waals surface area (Å²) in [6, 6.07) is 10.6. The number of carbonyl (C=O) groups is 1. The fraction of sp³-hybridized carbons (Fsp3) is 0.200. The predicted octanol–water partition coefficient (Wildman–Crippen LogP) is 5.68. The molecule has 1 aliphatic rings. The Morgan fingerprint density at radius 1 is 1.11 bits per heavy atom. The molecule has 2 aromatic carbocycles. The summed E-state index contributed by atoms with van der Waals surface area (Å²) in [6.45, 7) is 4.71. The van der Waals surface area contributed by atoms with E-state index in [-0.39, 0.29) is 5.91 Å². The molecule has 0 bridgehead atoms. The average Bonchev–Trinajstić information content (AvgIpc) is 2.99. The fourth-order valence-corrected chi connectivity index (χ4v) is 3.72. The maximum Gasteiger partial charge on any atom is 0.264 e. The first kappa shape index (κ1) is 20.6. The molecule has 1 saturated heterocycles. The number of nitrogens with zero attached hydrogens (tertiary/aromatic N) is 1. The molecule has 2 aromatic rings. The Bertz CT molecular complexity index is 943. The molecule has 5 nitrogen and oxygen atoms in total. The van der Waals surface area contributed by atoms with Gasteiger partial charge in [0.1, 0.15) is 0 Å². The van der Waals surface area contributed by atoms with Gasteiger partial charge in [0.25, 0.3) is 5.91 Å². The lowest BCUT2D eigenvalue weighted by atomic mass is 10.2. The Balaban J connectivity index is 1.86. The molecule has 1 heterocycles. The zero-order valence-electron chi connectivity index (χ0n) is 15.3. The first-order valence-electron chi connectivity index (χ1n) is 8.64. The summed E-state index contributed by atoms with van der Waals surface area (Å²) in [5.74, 6) is 0.824. The van der Waals surface area contributed by atoms with Crippen LogP contribution in [0.25, 0.3) is 6.08 Å². The van der Waals surface area contributed by atoms with E-state index in [0.29, 0.717) is 50.5 Å². The zero-order chi connectivity index (χ0) is 20.1. The molecule has 1 N–H and O–H groups in total. The minimum absolute atomic E-state index is 0.222. The van der Waals surface area contributed by atoms with Crippen molar-refractivity contribution in [1.82, 2.24) is 5.32 Å². The van der Waals surface area contributed by atoms with Gasteiger partial charge >= 0.3 is 0 Å². The highest BCUT2D eigenvalue weighted by molar-refractivity contribution is 8.18. The molecule has 0 saturated carbocycles. The molecule has 3 rings (SSSR count). The number of nitrogens with one attached hydrogen (secondary N) is 1. The normalized spacial score (nSPS) is 16.5. The van der Waals surface area contributed by atoms with Crippen LogP contribution in [0.3, 0.4) is 0 Å². The van der Waals surface area contributed by atoms with Gasteiger partial charge in [-0.25, -0.2) is 4.99 Å². The van der Waals surface area contributed by atoms with Crippen molar-refractivity contribution in [3.63, 3.8) is 0 Å². The van der Waals surface area contributed by atoms with Crippen molar-refractivity contribution in [2.45, 2.75) is 13.8 Å². The van der Waals surface area contributed by atoms with E-state index in [1.807, 2.05) is 13.8 Å². The molecular formula is C20H18Cl2N2O3S. The second-order valence-electron chi connectivity index (χ2n) is 5.65. The van der Waals surface area contributed by atoms with Crippen LogP contribution in [0.4, 0.5) is 5.69 Å². The molecule has 0 spiro atoms. The van der Waals surface area contributed by atoms with Crippen LogP contribution in [0.15, 0.2) is 46.3 Å². The number of thioether (sulfide) groups is 1. The van der Waals surface area contributed by atoms with E-state index in [0.717, 1.165) is 5.56 Å². The van der Waals surface area contributed by atoms with E-state index in [9.17, 15) is 4.79 Å². The molecule has 0 aromatic heterocycles. The average molecular weight is 437 g/mol. The molecule has 1 fully saturated rings. The minimum Gasteiger partial charge on any atom is -0.490 e. The van der Waals surface area contributed by atoms with Crippen molar-refractivity contribution < 1.29 is 14.3 Å². The molecule has 0 radical (unpaired) electrons. The number of benzene rings is 2. The third-order valence-electron chi connectivity index (χ3n) is 3.63. The molecule has 0 atom stereocenters. The van der Waals surface area contributed by atoms with Gasteiger partial charge in [-0.05, 0) is 73.6 Å². The molecule has 28 heavy (non-hydrogen) atoms. The summed E-state index contributed by atoms with van der Waals surface area (Å²) < 4.78 is 11.2. The number of hydrogen-bond donors (Lipinski definition) is 1. The van der Waals surface area contributed by atoms with Gasteiger partial charge in [-0.3, -0.25) is 4.79 Å². The molecule has 0 aliphatic carbocycles. The van der Waals surface area contributed by atoms with Crippen LogP contribution in [0.1, 0.15) is 19.4 Å². The number of amidine groups is 1. The van der Waals surface area contributed by atoms with Crippen molar-refractivity contribution in [3.05, 3.63) is 56.9 Å². The Morgan fingerprint density at radius 3 is 2.50 bits per heavy atom. The first-order chi connectivity index (χ1) is 13.5. The van der Waals surface area contributed by atoms with Gasteiger partial charge in [0, 0.05) is 5.02 Å². The van der Waals surface area contributed by atoms with E-state index in [1.54, 1.807) is 42.5 Å². The Hall–Kier alpha value is -2.15. The van der Waals surface area contributed by atoms with Gasteiger partial charge in [-0.2, -0.15) is 0 Å². The highest BCUT2D eigenvalue weighted by atomic mass is 35.5. The van der Waals surface area contributed by atoms with Crippen LogP contribution in [0.2, 0.25) is 10.0 Å². The molecular weight excluding hydrogens is 419 g/mol. The zero-order valence-corrected chi connectivity index (χ0v) is 17.6. The highest BCUT2D eigenvalue weighted by Gasteiger charge is 2.24. The summed E-state index contributed by atoms with van der Waals surface area (Å²) in [5, 5.41) is 4.32. The van der Waals surface area contributed by atoms with Crippen molar-refractivity contribution in [2.24, 2.45) is 4.99 Å². The second kappa shape index (κ2) is 9.37. The van der Waals surface area contributed by atoms with Gasteiger partial charge in [0.15, 0.2) is 16.7 Å². The highest BCUT2D eigenvalue weighted by Crippen LogP contribution is 2.38. The first-order valence-corrected chi connectivity index (χ1v) is 10.2. The number of ether oxygens (including phenoxy) is 2. The SMILES string of the molecule is CCOc1cc(/C=C2\SC(=Nc3ccc(Cl)cc3)NC2=O)cc(Cl)c1OCC. The van der Waals surface area contributed by atoms with Crippen LogP contribution in [-0.2, 0) is 4.79 Å². The Labute approximate surface area is 177 Å². The molecule has 1 aliphatic heterocycles. The van der Waals surface area contributed by atoms with Crippen LogP contribution in [0, 0.1) is 0 Å². The van der Waals surface area contributed by atoms with Crippen LogP contribution in [0.5, 0.6) is 11.5 Å². The van der Waals surface area contributed by atoms with E-state index < -0.39 is 0 Å². The summed E-state index contributed by atoms with van der Waals surface area (Å²) in [7, 11) is 0. The predicted molar refractivity (Wildman–Crippen MR) is 116 cm³/mol. The van der Waals surface area contributed by atoms with Crippen LogP contribution < -0.4 is 14.8 Å². The number of amides is 1. The van der Waals surface area contributed by atoms with Gasteiger partial charge in [-0.1, -0.05) is 23.2 Å². The minimum atomic E-state index is -0.222. The van der Waals surface area contributed by atoms with Gasteiger partial charge in [0.05, 0.1) is 28.8 Å². The smallest absolute Gasteiger partial charge is 0.264 e. The topological polar surface area (TPSA) is 59.9 Å². The number of rotatable bonds is 6. The summed E-state index contributed by atoms with van der Waals surface area (Å²) in [6.07, 6.45) is 1.74. The molecule has 8 heteroatoms. The van der Waals surface area contributed by atoms with Crippen LogP contribution >= 0.6 is 35.0 Å². The van der Waals surface area contributed by atoms with Crippen molar-refractivity contribution >= 4 is 57.8 Å². The quantitative estimate of drug-likeness (QED) is 0.591. The van der Waals surface area contributed by atoms with E-state index in [4.69, 9.17) is 32.7 Å². The molecule has 0 unspecified atom stereocenters. The summed E-state index contributed by atoms with van der Waals surface area (Å²) >= 11 is 13.5. The van der Waals surface area contributed by atoms with Crippen molar-refractivity contribution in [3.8, 4) is 11.5 Å². The fourth-order valence-electron chi connectivity index (χ4n) is 2.48. The molecule has 146 valence electrons. The Morgan fingerprint density at radius 2 is 1.82 bits per heavy atom. The third-order valence-corrected chi connectivity index (χ3v) is 5.07. The number of aliphatic imine (C=N–C) groups is 1. The lowest BCUT2D eigenvalue weighted by Gasteiger charge is -2.13. The number of hydrogen-bond acceptors (Lipinski definition) is 5. The standard InChI is InChI=1S/C20H18Cl2N2O3S/c1-3-26-16-10-12(9-15(22)18(16)27-4-2)11-17-19(25)24-20(28-17)23-14-7-5-13(21)6-8-14/h5-11H,3-4H2,1-2H3,(H,23,24,25)/b17-11-. The van der Waals surface area contributed by atoms with E-state index in [2.05, 4.69) is 10.3 Å².